The van der Waals surface area contributed by atoms with Crippen molar-refractivity contribution in [1.29, 1.82) is 0 Å². The molecule has 1 N–H and O–H groups in total. The topological polar surface area (TPSA) is 12.0 Å². The first-order valence-corrected chi connectivity index (χ1v) is 1.99. The molecule has 0 radical (unpaired) electrons. The van der Waals surface area contributed by atoms with Crippen LogP contribution in [0.25, 0.3) is 0 Å². The van der Waals surface area contributed by atoms with E-state index in [1.54, 1.807) is 6.08 Å². The van der Waals surface area contributed by atoms with Crippen molar-refractivity contribution in [3.05, 3.63) is 12.7 Å². The van der Waals surface area contributed by atoms with Crippen molar-refractivity contribution in [2.45, 2.75) is 6.92 Å². The highest BCUT2D eigenvalue weighted by Crippen LogP contribution is 1.38. The summed E-state index contributed by atoms with van der Waals surface area (Å²) in [5, 5.41) is 2.75. The van der Waals surface area contributed by atoms with Crippen molar-refractivity contribution < 1.29 is 0 Å². The predicted molar refractivity (Wildman–Crippen MR) is 45.4 cm³/mol. The van der Waals surface area contributed by atoms with E-state index in [2.05, 4.69) is 11.9 Å². The average Bonchev–Trinajstić information content (AvgIpc) is 1.39. The Labute approximate surface area is 64.4 Å². The van der Waals surface area contributed by atoms with E-state index < -0.39 is 0 Å². The molecule has 54 valence electrons. The van der Waals surface area contributed by atoms with Gasteiger partial charge >= 0.3 is 0 Å². The first kappa shape index (κ1) is 24.0. The van der Waals surface area contributed by atoms with E-state index in [9.17, 15) is 0 Å². The Morgan fingerprint density at radius 3 is 1.25 bits per heavy atom. The molecule has 0 saturated carbocycles. The maximum atomic E-state index is 3.36. The Hall–Kier alpha value is 0.280. The molecule has 0 rings (SSSR count). The molecule has 0 fully saturated rings. The third-order valence-corrected chi connectivity index (χ3v) is 0. The lowest BCUT2D eigenvalue weighted by molar-refractivity contribution is 1.02. The molecule has 0 aromatic carbocycles. The molecule has 0 aliphatic rings. The van der Waals surface area contributed by atoms with Crippen LogP contribution in [0.15, 0.2) is 12.7 Å². The zero-order valence-electron chi connectivity index (χ0n) is 5.60. The van der Waals surface area contributed by atoms with Crippen molar-refractivity contribution in [3.63, 3.8) is 0 Å². The van der Waals surface area contributed by atoms with Crippen LogP contribution in [-0.4, -0.2) is 14.1 Å². The Morgan fingerprint density at radius 1 is 1.25 bits per heavy atom. The summed E-state index contributed by atoms with van der Waals surface area (Å²) < 4.78 is 0. The van der Waals surface area contributed by atoms with Crippen LogP contribution in [-0.2, 0) is 0 Å². The average molecular weight is 160 g/mol. The fraction of sp³-hybridized carbons (Fsp3) is 0.600. The van der Waals surface area contributed by atoms with Gasteiger partial charge in [-0.3, -0.25) is 0 Å². The molecule has 0 aliphatic carbocycles. The summed E-state index contributed by atoms with van der Waals surface area (Å²) in [7, 11) is 3.75. The van der Waals surface area contributed by atoms with Gasteiger partial charge in [0, 0.05) is 0 Å². The summed E-state index contributed by atoms with van der Waals surface area (Å²) in [6, 6.07) is 0. The summed E-state index contributed by atoms with van der Waals surface area (Å²) in [5.41, 5.74) is 0. The quantitative estimate of drug-likeness (QED) is 0.533. The molecule has 1 nitrogen and oxygen atoms in total. The second-order valence-corrected chi connectivity index (χ2v) is 0.908. The highest BCUT2D eigenvalue weighted by atomic mass is 35.5. The normalized spacial score (nSPS) is 3.88. The molecule has 0 aromatic heterocycles. The molecule has 3 heteroatoms. The molecule has 0 atom stereocenters. The minimum Gasteiger partial charge on any atom is -0.323 e. The van der Waals surface area contributed by atoms with Crippen LogP contribution < -0.4 is 5.32 Å². The van der Waals surface area contributed by atoms with Crippen LogP contribution in [0.5, 0.6) is 0 Å². The predicted octanol–water partition coefficient (Wildman–Crippen LogP) is 1.87. The molecule has 0 aromatic rings. The van der Waals surface area contributed by atoms with Crippen LogP contribution in [0.4, 0.5) is 0 Å². The minimum atomic E-state index is 0. The Balaban J connectivity index is -0.0000000160. The molecular formula is C5H15Cl2N. The van der Waals surface area contributed by atoms with E-state index >= 15 is 0 Å². The maximum Gasteiger partial charge on any atom is -0.0167 e. The number of hydrogen-bond acceptors (Lipinski definition) is 1. The van der Waals surface area contributed by atoms with Gasteiger partial charge in [-0.25, -0.2) is 0 Å². The van der Waals surface area contributed by atoms with Gasteiger partial charge < -0.3 is 5.32 Å². The highest BCUT2D eigenvalue weighted by molar-refractivity contribution is 5.85. The lowest BCUT2D eigenvalue weighted by Gasteiger charge is -1.59. The zero-order chi connectivity index (χ0) is 5.41. The second-order valence-electron chi connectivity index (χ2n) is 0.908. The summed E-state index contributed by atoms with van der Waals surface area (Å²) in [4.78, 5) is 0. The van der Waals surface area contributed by atoms with Crippen molar-refractivity contribution >= 4 is 24.8 Å². The van der Waals surface area contributed by atoms with Crippen LogP contribution in [0.3, 0.4) is 0 Å². The van der Waals surface area contributed by atoms with Crippen LogP contribution in [0.2, 0.25) is 0 Å². The lowest BCUT2D eigenvalue weighted by Crippen LogP contribution is -1.89. The van der Waals surface area contributed by atoms with Gasteiger partial charge in [0.2, 0.25) is 0 Å². The molecule has 0 amide bonds. The van der Waals surface area contributed by atoms with Crippen molar-refractivity contribution in [1.82, 2.24) is 5.32 Å². The van der Waals surface area contributed by atoms with Gasteiger partial charge in [-0.2, -0.15) is 0 Å². The molecular weight excluding hydrogens is 145 g/mol. The van der Waals surface area contributed by atoms with Gasteiger partial charge in [0.05, 0.1) is 0 Å². The first-order chi connectivity index (χ1) is 2.83. The second kappa shape index (κ2) is 55.2. The minimum absolute atomic E-state index is 0. The molecule has 0 spiro atoms. The van der Waals surface area contributed by atoms with Crippen LogP contribution >= 0.6 is 24.8 Å². The largest absolute Gasteiger partial charge is 0.323 e. The molecule has 0 bridgehead atoms. The van der Waals surface area contributed by atoms with Crippen molar-refractivity contribution in [3.8, 4) is 0 Å². The fourth-order valence-electron chi connectivity index (χ4n) is 0. The van der Waals surface area contributed by atoms with E-state index in [0.717, 1.165) is 0 Å². The molecule has 0 aliphatic heterocycles. The van der Waals surface area contributed by atoms with Crippen molar-refractivity contribution in [2.24, 2.45) is 0 Å². The summed E-state index contributed by atoms with van der Waals surface area (Å²) >= 11 is 0. The number of hydrogen-bond donors (Lipinski definition) is 1. The third kappa shape index (κ3) is 2230. The standard InChI is InChI=1S/C3H6.C2H7N.2ClH/c2*1-3-2;;/h3H,1H2,2H3;3H,1-2H3;2*1H. The van der Waals surface area contributed by atoms with E-state index in [1.165, 1.54) is 0 Å². The van der Waals surface area contributed by atoms with Crippen LogP contribution in [0, 0.1) is 0 Å². The van der Waals surface area contributed by atoms with E-state index in [0.29, 0.717) is 0 Å². The van der Waals surface area contributed by atoms with Gasteiger partial charge in [0.15, 0.2) is 0 Å². The highest BCUT2D eigenvalue weighted by Gasteiger charge is 1.25. The number of nitrogens with one attached hydrogen (secondary N) is 1. The Bertz CT molecular complexity index is 24.4. The Kier molecular flexibility index (Phi) is 165. The summed E-state index contributed by atoms with van der Waals surface area (Å²) in [5.74, 6) is 0. The monoisotopic (exact) mass is 159 g/mol. The van der Waals surface area contributed by atoms with Crippen molar-refractivity contribution in [2.75, 3.05) is 14.1 Å². The van der Waals surface area contributed by atoms with Gasteiger partial charge in [-0.1, -0.05) is 6.08 Å². The van der Waals surface area contributed by atoms with E-state index in [4.69, 9.17) is 0 Å². The fourth-order valence-corrected chi connectivity index (χ4v) is 0. The van der Waals surface area contributed by atoms with Gasteiger partial charge in [-0.05, 0) is 21.0 Å². The smallest absolute Gasteiger partial charge is 0.0167 e. The molecule has 8 heavy (non-hydrogen) atoms. The van der Waals surface area contributed by atoms with E-state index in [-0.39, 0.29) is 24.8 Å². The molecule has 0 unspecified atom stereocenters. The number of rotatable bonds is 0. The number of halogens is 2. The maximum absolute atomic E-state index is 3.36. The summed E-state index contributed by atoms with van der Waals surface area (Å²) in [6.07, 6.45) is 1.75. The number of allylic oxidation sites excluding steroid dienone is 1. The SMILES string of the molecule is C=CC.CNC.Cl.Cl. The van der Waals surface area contributed by atoms with Crippen LogP contribution in [0.1, 0.15) is 6.92 Å². The van der Waals surface area contributed by atoms with Gasteiger partial charge in [0.1, 0.15) is 0 Å². The molecule has 0 heterocycles. The van der Waals surface area contributed by atoms with E-state index in [1.807, 2.05) is 21.0 Å². The van der Waals surface area contributed by atoms with Gasteiger partial charge in [0.25, 0.3) is 0 Å². The zero-order valence-corrected chi connectivity index (χ0v) is 7.23. The lowest BCUT2D eigenvalue weighted by atomic mass is 10.8. The summed E-state index contributed by atoms with van der Waals surface area (Å²) in [6.45, 7) is 5.25. The third-order valence-electron chi connectivity index (χ3n) is 0. The molecule has 0 saturated heterocycles. The van der Waals surface area contributed by atoms with Gasteiger partial charge in [-0.15, -0.1) is 31.4 Å². The first-order valence-electron chi connectivity index (χ1n) is 1.99. The Morgan fingerprint density at radius 2 is 1.25 bits per heavy atom.